The first kappa shape index (κ1) is 23.5. The summed E-state index contributed by atoms with van der Waals surface area (Å²) >= 11 is 0. The van der Waals surface area contributed by atoms with E-state index in [0.717, 1.165) is 43.9 Å². The third-order valence-corrected chi connectivity index (χ3v) is 6.73. The van der Waals surface area contributed by atoms with Crippen LogP contribution in [0, 0.1) is 12.7 Å². The number of fused-ring (bicyclic) bond motifs is 1. The van der Waals surface area contributed by atoms with Crippen LogP contribution >= 0.6 is 0 Å². The van der Waals surface area contributed by atoms with Gasteiger partial charge in [-0.3, -0.25) is 9.00 Å². The number of nitrogens with one attached hydrogen (secondary N) is 1. The fourth-order valence-electron chi connectivity index (χ4n) is 3.94. The second-order valence-corrected chi connectivity index (χ2v) is 9.63. The van der Waals surface area contributed by atoms with Crippen molar-refractivity contribution < 1.29 is 13.4 Å². The Kier molecular flexibility index (Phi) is 6.98. The summed E-state index contributed by atoms with van der Waals surface area (Å²) in [5, 5.41) is 4.06. The molecule has 0 heterocycles. The van der Waals surface area contributed by atoms with E-state index in [0.29, 0.717) is 5.56 Å². The standard InChI is InChI=1S/C28H25FN2O2S/c1-18-4-6-21(7-5-18)17-30-31-28(32)16-26-19(2)25(24-13-10-22(29)15-27(24)26)14-20-8-11-23(12-9-20)34(3)33/h4-15,17H,16H2,1-3H3,(H,31,32)/b25-14-,30-17-. The Balaban J connectivity index is 1.58. The van der Waals surface area contributed by atoms with Crippen molar-refractivity contribution in [2.24, 2.45) is 5.10 Å². The topological polar surface area (TPSA) is 58.5 Å². The van der Waals surface area contributed by atoms with Crippen molar-refractivity contribution in [1.29, 1.82) is 0 Å². The molecular formula is C28H25FN2O2S. The van der Waals surface area contributed by atoms with Gasteiger partial charge < -0.3 is 0 Å². The highest BCUT2D eigenvalue weighted by atomic mass is 32.2. The zero-order chi connectivity index (χ0) is 24.2. The number of hydrogen-bond acceptors (Lipinski definition) is 3. The van der Waals surface area contributed by atoms with E-state index in [-0.39, 0.29) is 18.1 Å². The first-order chi connectivity index (χ1) is 16.3. The molecule has 6 heteroatoms. The Morgan fingerprint density at radius 1 is 0.971 bits per heavy atom. The van der Waals surface area contributed by atoms with Gasteiger partial charge in [-0.25, -0.2) is 9.82 Å². The molecule has 34 heavy (non-hydrogen) atoms. The lowest BCUT2D eigenvalue weighted by atomic mass is 10.0. The Labute approximate surface area is 201 Å². The molecule has 1 N–H and O–H groups in total. The molecule has 4 rings (SSSR count). The van der Waals surface area contributed by atoms with E-state index in [2.05, 4.69) is 10.5 Å². The van der Waals surface area contributed by atoms with E-state index in [9.17, 15) is 13.4 Å². The lowest BCUT2D eigenvalue weighted by Crippen LogP contribution is -2.17. The maximum Gasteiger partial charge on any atom is 0.244 e. The van der Waals surface area contributed by atoms with Crippen LogP contribution < -0.4 is 5.43 Å². The number of aryl methyl sites for hydroxylation is 1. The van der Waals surface area contributed by atoms with Gasteiger partial charge in [-0.1, -0.05) is 48.0 Å². The fourth-order valence-corrected chi connectivity index (χ4v) is 4.45. The molecule has 4 nitrogen and oxygen atoms in total. The van der Waals surface area contributed by atoms with Crippen LogP contribution in [0.4, 0.5) is 4.39 Å². The SMILES string of the molecule is CC1=C(CC(=O)N/N=C\c2ccc(C)cc2)c2cc(F)ccc2/C1=C\c1ccc(S(C)=O)cc1. The number of halogens is 1. The zero-order valence-corrected chi connectivity index (χ0v) is 20.1. The van der Waals surface area contributed by atoms with Gasteiger partial charge in [-0.2, -0.15) is 5.10 Å². The smallest absolute Gasteiger partial charge is 0.244 e. The van der Waals surface area contributed by atoms with Gasteiger partial charge in [-0.15, -0.1) is 0 Å². The molecule has 172 valence electrons. The molecule has 0 saturated heterocycles. The Hall–Kier alpha value is -3.64. The second kappa shape index (κ2) is 10.1. The summed E-state index contributed by atoms with van der Waals surface area (Å²) in [6.45, 7) is 3.95. The third kappa shape index (κ3) is 5.29. The second-order valence-electron chi connectivity index (χ2n) is 8.26. The van der Waals surface area contributed by atoms with E-state index < -0.39 is 10.8 Å². The van der Waals surface area contributed by atoms with Crippen LogP contribution in [0.15, 0.2) is 82.3 Å². The molecule has 0 fully saturated rings. The summed E-state index contributed by atoms with van der Waals surface area (Å²) in [4.78, 5) is 13.4. The van der Waals surface area contributed by atoms with Gasteiger partial charge >= 0.3 is 0 Å². The molecule has 0 saturated carbocycles. The fraction of sp³-hybridized carbons (Fsp3) is 0.143. The van der Waals surface area contributed by atoms with Crippen molar-refractivity contribution in [3.05, 3.63) is 106 Å². The van der Waals surface area contributed by atoms with E-state index in [4.69, 9.17) is 0 Å². The first-order valence-electron chi connectivity index (χ1n) is 10.9. The molecule has 1 amide bonds. The van der Waals surface area contributed by atoms with Gasteiger partial charge in [-0.05, 0) is 83.2 Å². The maximum absolute atomic E-state index is 14.1. The molecule has 0 aliphatic heterocycles. The first-order valence-corrected chi connectivity index (χ1v) is 12.4. The summed E-state index contributed by atoms with van der Waals surface area (Å²) in [7, 11) is -1.04. The van der Waals surface area contributed by atoms with Crippen LogP contribution in [0.3, 0.4) is 0 Å². The maximum atomic E-state index is 14.1. The van der Waals surface area contributed by atoms with Crippen LogP contribution in [0.5, 0.6) is 0 Å². The number of rotatable bonds is 6. The number of hydrogen-bond donors (Lipinski definition) is 1. The average molecular weight is 473 g/mol. The summed E-state index contributed by atoms with van der Waals surface area (Å²) in [6, 6.07) is 19.9. The minimum atomic E-state index is -1.04. The van der Waals surface area contributed by atoms with Crippen LogP contribution in [-0.4, -0.2) is 22.6 Å². The number of carbonyl (C=O) groups is 1. The summed E-state index contributed by atoms with van der Waals surface area (Å²) in [5.74, 6) is -0.623. The van der Waals surface area contributed by atoms with Crippen molar-refractivity contribution in [3.63, 3.8) is 0 Å². The Bertz CT molecular complexity index is 1350. The van der Waals surface area contributed by atoms with Gasteiger partial charge in [0.25, 0.3) is 0 Å². The molecule has 1 aliphatic rings. The number of amides is 1. The lowest BCUT2D eigenvalue weighted by Gasteiger charge is -2.06. The van der Waals surface area contributed by atoms with Crippen molar-refractivity contribution in [1.82, 2.24) is 5.43 Å². The highest BCUT2D eigenvalue weighted by Crippen LogP contribution is 2.43. The molecule has 0 aromatic heterocycles. The van der Waals surface area contributed by atoms with Crippen molar-refractivity contribution in [3.8, 4) is 0 Å². The Morgan fingerprint density at radius 2 is 1.65 bits per heavy atom. The molecule has 1 unspecified atom stereocenters. The normalized spacial score (nSPS) is 15.1. The highest BCUT2D eigenvalue weighted by molar-refractivity contribution is 7.84. The zero-order valence-electron chi connectivity index (χ0n) is 19.3. The molecule has 0 radical (unpaired) electrons. The number of nitrogens with zero attached hydrogens (tertiary/aromatic N) is 1. The van der Waals surface area contributed by atoms with E-state index in [1.165, 1.54) is 12.1 Å². The van der Waals surface area contributed by atoms with Crippen molar-refractivity contribution in [2.45, 2.75) is 25.2 Å². The quantitative estimate of drug-likeness (QED) is 0.367. The van der Waals surface area contributed by atoms with Gasteiger partial charge in [0.1, 0.15) is 5.82 Å². The molecule has 0 bridgehead atoms. The lowest BCUT2D eigenvalue weighted by molar-refractivity contribution is -0.120. The minimum absolute atomic E-state index is 0.0820. The van der Waals surface area contributed by atoms with Gasteiger partial charge in [0, 0.05) is 22.0 Å². The third-order valence-electron chi connectivity index (χ3n) is 5.79. The molecular weight excluding hydrogens is 447 g/mol. The van der Waals surface area contributed by atoms with E-state index in [1.807, 2.05) is 68.5 Å². The number of hydrazone groups is 1. The van der Waals surface area contributed by atoms with Crippen LogP contribution in [-0.2, 0) is 15.6 Å². The monoisotopic (exact) mass is 472 g/mol. The molecule has 3 aromatic rings. The summed E-state index contributed by atoms with van der Waals surface area (Å²) in [5.41, 5.74) is 9.77. The molecule has 1 atom stereocenters. The van der Waals surface area contributed by atoms with Gasteiger partial charge in [0.15, 0.2) is 0 Å². The largest absolute Gasteiger partial charge is 0.273 e. The summed E-state index contributed by atoms with van der Waals surface area (Å²) < 4.78 is 25.8. The highest BCUT2D eigenvalue weighted by Gasteiger charge is 2.25. The molecule has 1 aliphatic carbocycles. The molecule has 0 spiro atoms. The summed E-state index contributed by atoms with van der Waals surface area (Å²) in [6.07, 6.45) is 5.33. The van der Waals surface area contributed by atoms with Crippen molar-refractivity contribution >= 4 is 40.1 Å². The van der Waals surface area contributed by atoms with Crippen molar-refractivity contribution in [2.75, 3.05) is 6.26 Å². The van der Waals surface area contributed by atoms with Crippen LogP contribution in [0.2, 0.25) is 0 Å². The predicted molar refractivity (Wildman–Crippen MR) is 137 cm³/mol. The van der Waals surface area contributed by atoms with Gasteiger partial charge in [0.2, 0.25) is 5.91 Å². The number of carbonyl (C=O) groups excluding carboxylic acids is 1. The van der Waals surface area contributed by atoms with Crippen LogP contribution in [0.25, 0.3) is 17.2 Å². The minimum Gasteiger partial charge on any atom is -0.273 e. The predicted octanol–water partition coefficient (Wildman–Crippen LogP) is 5.74. The molecule has 3 aromatic carbocycles. The average Bonchev–Trinajstić information content (AvgIpc) is 3.06. The Morgan fingerprint density at radius 3 is 2.32 bits per heavy atom. The van der Waals surface area contributed by atoms with E-state index >= 15 is 0 Å². The number of benzene rings is 3. The van der Waals surface area contributed by atoms with Gasteiger partial charge in [0.05, 0.1) is 12.6 Å². The van der Waals surface area contributed by atoms with E-state index in [1.54, 1.807) is 18.5 Å². The van der Waals surface area contributed by atoms with Crippen LogP contribution in [0.1, 0.15) is 41.2 Å². The number of allylic oxidation sites excluding steroid dienone is 2.